The highest BCUT2D eigenvalue weighted by Gasteiger charge is 2.28. The van der Waals surface area contributed by atoms with E-state index in [4.69, 9.17) is 4.74 Å². The Hall–Kier alpha value is -1.84. The van der Waals surface area contributed by atoms with Crippen LogP contribution in [0.15, 0.2) is 30.3 Å². The van der Waals surface area contributed by atoms with E-state index < -0.39 is 24.0 Å². The van der Waals surface area contributed by atoms with Crippen molar-refractivity contribution in [1.82, 2.24) is 0 Å². The van der Waals surface area contributed by atoms with E-state index in [0.29, 0.717) is 0 Å². The van der Waals surface area contributed by atoms with E-state index in [9.17, 15) is 9.59 Å². The van der Waals surface area contributed by atoms with Crippen LogP contribution in [0.4, 0.5) is 0 Å². The highest BCUT2D eigenvalue weighted by Crippen LogP contribution is 2.26. The average molecular weight is 236 g/mol. The molecule has 0 heterocycles. The van der Waals surface area contributed by atoms with Crippen LogP contribution in [-0.2, 0) is 19.1 Å². The van der Waals surface area contributed by atoms with Crippen molar-refractivity contribution in [2.24, 2.45) is 5.92 Å². The van der Waals surface area contributed by atoms with E-state index >= 15 is 0 Å². The van der Waals surface area contributed by atoms with Crippen molar-refractivity contribution in [3.63, 3.8) is 0 Å². The molecule has 0 aliphatic heterocycles. The molecule has 17 heavy (non-hydrogen) atoms. The lowest BCUT2D eigenvalue weighted by molar-refractivity contribution is -0.158. The van der Waals surface area contributed by atoms with Crippen LogP contribution in [0.25, 0.3) is 0 Å². The lowest BCUT2D eigenvalue weighted by Crippen LogP contribution is -2.24. The first-order valence-electron chi connectivity index (χ1n) is 5.36. The second-order valence-electron chi connectivity index (χ2n) is 3.75. The third-order valence-corrected chi connectivity index (χ3v) is 2.45. The second kappa shape index (κ2) is 6.03. The Bertz CT molecular complexity index is 386. The molecule has 0 radical (unpaired) electrons. The van der Waals surface area contributed by atoms with E-state index in [-0.39, 0.29) is 0 Å². The van der Waals surface area contributed by atoms with Gasteiger partial charge in [0.25, 0.3) is 0 Å². The van der Waals surface area contributed by atoms with E-state index in [1.807, 2.05) is 30.3 Å². The van der Waals surface area contributed by atoms with E-state index in [1.54, 1.807) is 6.92 Å². The first-order chi connectivity index (χ1) is 8.06. The van der Waals surface area contributed by atoms with Crippen LogP contribution in [-0.4, -0.2) is 19.0 Å². The van der Waals surface area contributed by atoms with Gasteiger partial charge in [-0.1, -0.05) is 30.3 Å². The smallest absolute Gasteiger partial charge is 0.312 e. The van der Waals surface area contributed by atoms with Gasteiger partial charge in [0.05, 0.1) is 13.0 Å². The minimum absolute atomic E-state index is 0.403. The largest absolute Gasteiger partial charge is 0.469 e. The zero-order chi connectivity index (χ0) is 12.8. The molecule has 0 fully saturated rings. The summed E-state index contributed by atoms with van der Waals surface area (Å²) in [6.45, 7) is 2.99. The van der Waals surface area contributed by atoms with Gasteiger partial charge in [0.1, 0.15) is 6.10 Å². The Morgan fingerprint density at radius 1 is 1.18 bits per heavy atom. The van der Waals surface area contributed by atoms with Crippen LogP contribution in [0.2, 0.25) is 0 Å². The predicted molar refractivity (Wildman–Crippen MR) is 62.1 cm³/mol. The molecule has 1 rings (SSSR count). The molecule has 4 heteroatoms. The topological polar surface area (TPSA) is 52.6 Å². The Labute approximate surface area is 101 Å². The zero-order valence-electron chi connectivity index (χ0n) is 10.2. The van der Waals surface area contributed by atoms with Gasteiger partial charge < -0.3 is 9.47 Å². The lowest BCUT2D eigenvalue weighted by Gasteiger charge is -2.22. The summed E-state index contributed by atoms with van der Waals surface area (Å²) in [5.41, 5.74) is 0.778. The molecule has 92 valence electrons. The van der Waals surface area contributed by atoms with Gasteiger partial charge in [0.15, 0.2) is 0 Å². The number of ether oxygens (including phenoxy) is 2. The third-order valence-electron chi connectivity index (χ3n) is 2.45. The summed E-state index contributed by atoms with van der Waals surface area (Å²) < 4.78 is 9.85. The lowest BCUT2D eigenvalue weighted by atomic mass is 9.97. The number of benzene rings is 1. The van der Waals surface area contributed by atoms with Crippen molar-refractivity contribution in [2.45, 2.75) is 20.0 Å². The maximum atomic E-state index is 11.5. The monoisotopic (exact) mass is 236 g/mol. The summed E-state index contributed by atoms with van der Waals surface area (Å²) >= 11 is 0. The number of esters is 2. The molecule has 0 N–H and O–H groups in total. The maximum absolute atomic E-state index is 11.5. The zero-order valence-corrected chi connectivity index (χ0v) is 10.2. The van der Waals surface area contributed by atoms with Crippen molar-refractivity contribution in [3.05, 3.63) is 35.9 Å². The van der Waals surface area contributed by atoms with Gasteiger partial charge in [0, 0.05) is 6.92 Å². The molecular formula is C13H16O4. The standard InChI is InChI=1S/C13H16O4/c1-9(13(15)16-3)12(17-10(2)14)11-7-5-4-6-8-11/h4-9,12H,1-3H3. The molecule has 0 saturated heterocycles. The first kappa shape index (κ1) is 13.2. The van der Waals surface area contributed by atoms with Crippen molar-refractivity contribution in [1.29, 1.82) is 0 Å². The molecule has 0 aliphatic carbocycles. The Morgan fingerprint density at radius 3 is 2.24 bits per heavy atom. The molecule has 0 spiro atoms. The first-order valence-corrected chi connectivity index (χ1v) is 5.36. The number of methoxy groups -OCH3 is 1. The summed E-state index contributed by atoms with van der Waals surface area (Å²) in [5, 5.41) is 0. The van der Waals surface area contributed by atoms with Gasteiger partial charge in [0.2, 0.25) is 0 Å². The van der Waals surface area contributed by atoms with Crippen molar-refractivity contribution in [3.8, 4) is 0 Å². The molecule has 0 amide bonds. The molecule has 1 aromatic carbocycles. The predicted octanol–water partition coefficient (Wildman–Crippen LogP) is 2.10. The normalized spacial score (nSPS) is 13.6. The third kappa shape index (κ3) is 3.59. The molecule has 0 bridgehead atoms. The molecule has 2 atom stereocenters. The van der Waals surface area contributed by atoms with Gasteiger partial charge in [-0.15, -0.1) is 0 Å². The fourth-order valence-corrected chi connectivity index (χ4v) is 1.59. The fourth-order valence-electron chi connectivity index (χ4n) is 1.59. The Balaban J connectivity index is 2.95. The minimum Gasteiger partial charge on any atom is -0.469 e. The van der Waals surface area contributed by atoms with Gasteiger partial charge in [-0.25, -0.2) is 0 Å². The number of hydrogen-bond acceptors (Lipinski definition) is 4. The van der Waals surface area contributed by atoms with E-state index in [2.05, 4.69) is 4.74 Å². The highest BCUT2D eigenvalue weighted by atomic mass is 16.6. The quantitative estimate of drug-likeness (QED) is 0.751. The molecule has 1 aromatic rings. The summed E-state index contributed by atoms with van der Waals surface area (Å²) in [7, 11) is 1.31. The molecule has 2 unspecified atom stereocenters. The van der Waals surface area contributed by atoms with Crippen LogP contribution in [0, 0.1) is 5.92 Å². The SMILES string of the molecule is COC(=O)C(C)C(OC(C)=O)c1ccccc1. The summed E-state index contributed by atoms with van der Waals surface area (Å²) in [6, 6.07) is 9.14. The van der Waals surface area contributed by atoms with Crippen LogP contribution in [0.5, 0.6) is 0 Å². The molecule has 0 aliphatic rings. The molecule has 4 nitrogen and oxygen atoms in total. The van der Waals surface area contributed by atoms with Gasteiger partial charge in [-0.3, -0.25) is 9.59 Å². The molecular weight excluding hydrogens is 220 g/mol. The van der Waals surface area contributed by atoms with Gasteiger partial charge >= 0.3 is 11.9 Å². The number of carbonyl (C=O) groups is 2. The van der Waals surface area contributed by atoms with E-state index in [0.717, 1.165) is 5.56 Å². The van der Waals surface area contributed by atoms with Crippen molar-refractivity contribution in [2.75, 3.05) is 7.11 Å². The summed E-state index contributed by atoms with van der Waals surface area (Å²) in [5.74, 6) is -1.36. The average Bonchev–Trinajstić information content (AvgIpc) is 2.35. The van der Waals surface area contributed by atoms with Crippen molar-refractivity contribution < 1.29 is 19.1 Å². The number of hydrogen-bond donors (Lipinski definition) is 0. The Morgan fingerprint density at radius 2 is 1.76 bits per heavy atom. The van der Waals surface area contributed by atoms with Crippen LogP contribution < -0.4 is 0 Å². The summed E-state index contributed by atoms with van der Waals surface area (Å²) in [6.07, 6.45) is -0.610. The Kier molecular flexibility index (Phi) is 4.69. The van der Waals surface area contributed by atoms with Crippen LogP contribution in [0.1, 0.15) is 25.5 Å². The van der Waals surface area contributed by atoms with Crippen LogP contribution in [0.3, 0.4) is 0 Å². The highest BCUT2D eigenvalue weighted by molar-refractivity contribution is 5.74. The van der Waals surface area contributed by atoms with Crippen molar-refractivity contribution >= 4 is 11.9 Å². The fraction of sp³-hybridized carbons (Fsp3) is 0.385. The van der Waals surface area contributed by atoms with Crippen LogP contribution >= 0.6 is 0 Å². The van der Waals surface area contributed by atoms with E-state index in [1.165, 1.54) is 14.0 Å². The summed E-state index contributed by atoms with van der Waals surface area (Å²) in [4.78, 5) is 22.6. The number of rotatable bonds is 4. The molecule has 0 saturated carbocycles. The van der Waals surface area contributed by atoms with Gasteiger partial charge in [-0.05, 0) is 12.5 Å². The number of carbonyl (C=O) groups excluding carboxylic acids is 2. The maximum Gasteiger partial charge on any atom is 0.312 e. The molecule has 0 aromatic heterocycles. The second-order valence-corrected chi connectivity index (χ2v) is 3.75. The minimum atomic E-state index is -0.610. The van der Waals surface area contributed by atoms with Gasteiger partial charge in [-0.2, -0.15) is 0 Å².